The van der Waals surface area contributed by atoms with E-state index in [1.165, 1.54) is 15.3 Å². The summed E-state index contributed by atoms with van der Waals surface area (Å²) in [5.41, 5.74) is 3.09. The van der Waals surface area contributed by atoms with Gasteiger partial charge in [0, 0.05) is 36.4 Å². The van der Waals surface area contributed by atoms with E-state index in [2.05, 4.69) is 24.1 Å². The number of hydrogen-bond acceptors (Lipinski definition) is 5. The van der Waals surface area contributed by atoms with Gasteiger partial charge in [0.2, 0.25) is 5.91 Å². The molecule has 30 heavy (non-hydrogen) atoms. The molecular weight excluding hydrogens is 398 g/mol. The molecule has 7 heteroatoms. The molecule has 1 aromatic carbocycles. The predicted octanol–water partition coefficient (Wildman–Crippen LogP) is 3.81. The third-order valence-corrected chi connectivity index (χ3v) is 6.45. The van der Waals surface area contributed by atoms with Crippen LogP contribution in [0.4, 0.5) is 11.4 Å². The van der Waals surface area contributed by atoms with Crippen molar-refractivity contribution in [2.45, 2.75) is 33.1 Å². The summed E-state index contributed by atoms with van der Waals surface area (Å²) in [6.07, 6.45) is 2.97. The van der Waals surface area contributed by atoms with Crippen molar-refractivity contribution < 1.29 is 14.3 Å². The molecule has 0 saturated carbocycles. The SMILES string of the molecule is CCCc1sc(C(=O)N(C)CC(=O)Nc2ccc(N3CCOCC3)cc2)cc1CC. The molecule has 6 nitrogen and oxygen atoms in total. The Bertz CT molecular complexity index is 857. The minimum atomic E-state index is -0.203. The van der Waals surface area contributed by atoms with Gasteiger partial charge in [0.05, 0.1) is 24.6 Å². The third kappa shape index (κ3) is 5.61. The molecule has 0 spiro atoms. The van der Waals surface area contributed by atoms with Gasteiger partial charge in [-0.15, -0.1) is 11.3 Å². The van der Waals surface area contributed by atoms with Crippen molar-refractivity contribution in [3.05, 3.63) is 45.6 Å². The molecular formula is C23H31N3O3S. The Balaban J connectivity index is 1.55. The minimum Gasteiger partial charge on any atom is -0.378 e. The lowest BCUT2D eigenvalue weighted by Gasteiger charge is -2.28. The lowest BCUT2D eigenvalue weighted by atomic mass is 10.1. The zero-order chi connectivity index (χ0) is 21.5. The van der Waals surface area contributed by atoms with Crippen LogP contribution in [-0.4, -0.2) is 56.6 Å². The number of benzene rings is 1. The summed E-state index contributed by atoms with van der Waals surface area (Å²) in [4.78, 5) is 31.0. The monoisotopic (exact) mass is 429 g/mol. The van der Waals surface area contributed by atoms with Crippen molar-refractivity contribution in [1.29, 1.82) is 0 Å². The molecule has 1 fully saturated rings. The number of nitrogens with zero attached hydrogens (tertiary/aromatic N) is 2. The van der Waals surface area contributed by atoms with Crippen LogP contribution >= 0.6 is 11.3 Å². The van der Waals surface area contributed by atoms with Gasteiger partial charge in [0.25, 0.3) is 5.91 Å². The Hall–Kier alpha value is -2.38. The van der Waals surface area contributed by atoms with Crippen LogP contribution in [0.3, 0.4) is 0 Å². The van der Waals surface area contributed by atoms with E-state index in [9.17, 15) is 9.59 Å². The standard InChI is InChI=1S/C23H31N3O3S/c1-4-6-20-17(5-2)15-21(30-20)23(28)25(3)16-22(27)24-18-7-9-19(10-8-18)26-11-13-29-14-12-26/h7-10,15H,4-6,11-14,16H2,1-3H3,(H,24,27). The van der Waals surface area contributed by atoms with Crippen LogP contribution in [0.2, 0.25) is 0 Å². The normalized spacial score (nSPS) is 13.9. The molecule has 1 saturated heterocycles. The molecule has 0 unspecified atom stereocenters. The predicted molar refractivity (Wildman–Crippen MR) is 123 cm³/mol. The van der Waals surface area contributed by atoms with Gasteiger partial charge in [-0.25, -0.2) is 0 Å². The number of hydrogen-bond donors (Lipinski definition) is 1. The van der Waals surface area contributed by atoms with E-state index in [0.29, 0.717) is 4.88 Å². The van der Waals surface area contributed by atoms with Crippen LogP contribution in [0.5, 0.6) is 0 Å². The van der Waals surface area contributed by atoms with Crippen LogP contribution in [-0.2, 0) is 22.4 Å². The van der Waals surface area contributed by atoms with E-state index in [-0.39, 0.29) is 18.4 Å². The number of anilines is 2. The first-order chi connectivity index (χ1) is 14.5. The maximum atomic E-state index is 12.8. The molecule has 1 aliphatic heterocycles. The molecule has 1 aromatic heterocycles. The summed E-state index contributed by atoms with van der Waals surface area (Å²) in [6.45, 7) is 7.50. The van der Waals surface area contributed by atoms with E-state index < -0.39 is 0 Å². The van der Waals surface area contributed by atoms with Crippen LogP contribution in [0.25, 0.3) is 0 Å². The first-order valence-electron chi connectivity index (χ1n) is 10.6. The van der Waals surface area contributed by atoms with Crippen molar-refractivity contribution in [3.63, 3.8) is 0 Å². The van der Waals surface area contributed by atoms with Crippen LogP contribution in [0, 0.1) is 0 Å². The molecule has 1 aliphatic rings. The Morgan fingerprint density at radius 3 is 2.50 bits per heavy atom. The maximum Gasteiger partial charge on any atom is 0.264 e. The van der Waals surface area contributed by atoms with Crippen LogP contribution in [0.15, 0.2) is 30.3 Å². The van der Waals surface area contributed by atoms with Gasteiger partial charge in [-0.05, 0) is 48.7 Å². The van der Waals surface area contributed by atoms with Gasteiger partial charge in [0.1, 0.15) is 0 Å². The average molecular weight is 430 g/mol. The first kappa shape index (κ1) is 22.3. The molecule has 162 valence electrons. The Morgan fingerprint density at radius 2 is 1.87 bits per heavy atom. The van der Waals surface area contributed by atoms with E-state index in [0.717, 1.165) is 56.9 Å². The highest BCUT2D eigenvalue weighted by Gasteiger charge is 2.19. The highest BCUT2D eigenvalue weighted by atomic mass is 32.1. The fourth-order valence-electron chi connectivity index (χ4n) is 3.56. The molecule has 3 rings (SSSR count). The van der Waals surface area contributed by atoms with Crippen molar-refractivity contribution >= 4 is 34.5 Å². The fraction of sp³-hybridized carbons (Fsp3) is 0.478. The number of rotatable bonds is 8. The van der Waals surface area contributed by atoms with Crippen molar-refractivity contribution in [2.75, 3.05) is 50.1 Å². The summed E-state index contributed by atoms with van der Waals surface area (Å²) in [5, 5.41) is 2.88. The number of carbonyl (C=O) groups excluding carboxylic acids is 2. The first-order valence-corrected chi connectivity index (χ1v) is 11.4. The van der Waals surface area contributed by atoms with E-state index >= 15 is 0 Å². The van der Waals surface area contributed by atoms with Crippen LogP contribution < -0.4 is 10.2 Å². The second kappa shape index (κ2) is 10.6. The van der Waals surface area contributed by atoms with Crippen molar-refractivity contribution in [1.82, 2.24) is 4.90 Å². The Labute approximate surface area is 182 Å². The molecule has 2 amide bonds. The summed E-state index contributed by atoms with van der Waals surface area (Å²) >= 11 is 1.55. The molecule has 0 atom stereocenters. The number of ether oxygens (including phenoxy) is 1. The van der Waals surface area contributed by atoms with Crippen molar-refractivity contribution in [2.24, 2.45) is 0 Å². The van der Waals surface area contributed by atoms with Gasteiger partial charge in [-0.2, -0.15) is 0 Å². The molecule has 2 aromatic rings. The minimum absolute atomic E-state index is 0.0204. The zero-order valence-electron chi connectivity index (χ0n) is 18.1. The number of thiophene rings is 1. The topological polar surface area (TPSA) is 61.9 Å². The second-order valence-electron chi connectivity index (χ2n) is 7.52. The second-order valence-corrected chi connectivity index (χ2v) is 8.66. The number of likely N-dealkylation sites (N-methyl/N-ethyl adjacent to an activating group) is 1. The largest absolute Gasteiger partial charge is 0.378 e. The molecule has 1 N–H and O–H groups in total. The quantitative estimate of drug-likeness (QED) is 0.693. The summed E-state index contributed by atoms with van der Waals surface area (Å²) in [5.74, 6) is -0.305. The number of amides is 2. The summed E-state index contributed by atoms with van der Waals surface area (Å²) < 4.78 is 5.38. The number of carbonyl (C=O) groups is 2. The molecule has 0 radical (unpaired) electrons. The fourth-order valence-corrected chi connectivity index (χ4v) is 4.91. The average Bonchev–Trinajstić information content (AvgIpc) is 3.17. The van der Waals surface area contributed by atoms with Gasteiger partial charge < -0.3 is 19.9 Å². The lowest BCUT2D eigenvalue weighted by Crippen LogP contribution is -2.36. The van der Waals surface area contributed by atoms with E-state index in [1.54, 1.807) is 18.4 Å². The smallest absolute Gasteiger partial charge is 0.264 e. The highest BCUT2D eigenvalue weighted by Crippen LogP contribution is 2.25. The van der Waals surface area contributed by atoms with Gasteiger partial charge >= 0.3 is 0 Å². The lowest BCUT2D eigenvalue weighted by molar-refractivity contribution is -0.116. The van der Waals surface area contributed by atoms with Gasteiger partial charge in [0.15, 0.2) is 0 Å². The Kier molecular flexibility index (Phi) is 7.87. The van der Waals surface area contributed by atoms with E-state index in [1.807, 2.05) is 30.3 Å². The highest BCUT2D eigenvalue weighted by molar-refractivity contribution is 7.14. The molecule has 0 aliphatic carbocycles. The summed E-state index contributed by atoms with van der Waals surface area (Å²) in [6, 6.07) is 9.78. The van der Waals surface area contributed by atoms with Crippen LogP contribution in [0.1, 0.15) is 40.4 Å². The van der Waals surface area contributed by atoms with Crippen molar-refractivity contribution in [3.8, 4) is 0 Å². The molecule has 0 bridgehead atoms. The summed E-state index contributed by atoms with van der Waals surface area (Å²) in [7, 11) is 1.67. The Morgan fingerprint density at radius 1 is 1.17 bits per heavy atom. The van der Waals surface area contributed by atoms with Gasteiger partial charge in [-0.3, -0.25) is 9.59 Å². The zero-order valence-corrected chi connectivity index (χ0v) is 18.9. The number of nitrogens with one attached hydrogen (secondary N) is 1. The third-order valence-electron chi connectivity index (χ3n) is 5.22. The number of morpholine rings is 1. The van der Waals surface area contributed by atoms with Gasteiger partial charge in [-0.1, -0.05) is 20.3 Å². The maximum absolute atomic E-state index is 12.8. The molecule has 2 heterocycles. The van der Waals surface area contributed by atoms with E-state index in [4.69, 9.17) is 4.74 Å². The number of aryl methyl sites for hydroxylation is 2.